The van der Waals surface area contributed by atoms with Crippen molar-refractivity contribution in [2.24, 2.45) is 0 Å². The molecule has 1 aromatic carbocycles. The number of amides is 2. The molecule has 1 atom stereocenters. The van der Waals surface area contributed by atoms with Gasteiger partial charge in [0.1, 0.15) is 11.8 Å². The van der Waals surface area contributed by atoms with Crippen LogP contribution < -0.4 is 10.1 Å². The highest BCUT2D eigenvalue weighted by atomic mass is 16.5. The molecule has 7 nitrogen and oxygen atoms in total. The SMILES string of the molecule is CCOC(=O)CC1C(=O)NCCN1C(=O)/C=C/c1ccc(OC)cc1. The van der Waals surface area contributed by atoms with E-state index in [1.54, 1.807) is 32.2 Å². The van der Waals surface area contributed by atoms with Crippen molar-refractivity contribution in [1.29, 1.82) is 0 Å². The lowest BCUT2D eigenvalue weighted by Crippen LogP contribution is -2.57. The summed E-state index contributed by atoms with van der Waals surface area (Å²) < 4.78 is 9.97. The maximum Gasteiger partial charge on any atom is 0.308 e. The fourth-order valence-electron chi connectivity index (χ4n) is 2.54. The van der Waals surface area contributed by atoms with E-state index in [1.165, 1.54) is 11.0 Å². The Morgan fingerprint density at radius 3 is 2.68 bits per heavy atom. The molecule has 25 heavy (non-hydrogen) atoms. The van der Waals surface area contributed by atoms with Crippen LogP contribution in [0.25, 0.3) is 6.08 Å². The van der Waals surface area contributed by atoms with Crippen LogP contribution in [0.15, 0.2) is 30.3 Å². The van der Waals surface area contributed by atoms with Gasteiger partial charge in [0.2, 0.25) is 11.8 Å². The van der Waals surface area contributed by atoms with Crippen LogP contribution in [0.4, 0.5) is 0 Å². The molecule has 1 saturated heterocycles. The zero-order valence-electron chi connectivity index (χ0n) is 14.4. The highest BCUT2D eigenvalue weighted by Crippen LogP contribution is 2.14. The molecule has 0 saturated carbocycles. The van der Waals surface area contributed by atoms with Gasteiger partial charge in [-0.15, -0.1) is 0 Å². The number of methoxy groups -OCH3 is 1. The Balaban J connectivity index is 2.06. The molecule has 1 unspecified atom stereocenters. The van der Waals surface area contributed by atoms with Crippen LogP contribution in [0.3, 0.4) is 0 Å². The standard InChI is InChI=1S/C18H22N2O5/c1-3-25-17(22)12-15-18(23)19-10-11-20(15)16(21)9-6-13-4-7-14(24-2)8-5-13/h4-9,15H,3,10-12H2,1-2H3,(H,19,23)/b9-6+. The lowest BCUT2D eigenvalue weighted by Gasteiger charge is -2.33. The molecular weight excluding hydrogens is 324 g/mol. The summed E-state index contributed by atoms with van der Waals surface area (Å²) in [5.41, 5.74) is 0.831. The molecule has 1 fully saturated rings. The Bertz CT molecular complexity index is 654. The summed E-state index contributed by atoms with van der Waals surface area (Å²) in [5, 5.41) is 2.67. The van der Waals surface area contributed by atoms with Gasteiger partial charge < -0.3 is 19.7 Å². The fourth-order valence-corrected chi connectivity index (χ4v) is 2.54. The molecule has 7 heteroatoms. The van der Waals surface area contributed by atoms with Gasteiger partial charge in [-0.3, -0.25) is 14.4 Å². The van der Waals surface area contributed by atoms with Gasteiger partial charge in [0.05, 0.1) is 20.1 Å². The van der Waals surface area contributed by atoms with Crippen LogP contribution in [0.5, 0.6) is 5.75 Å². The van der Waals surface area contributed by atoms with E-state index >= 15 is 0 Å². The molecule has 0 spiro atoms. The monoisotopic (exact) mass is 346 g/mol. The molecule has 2 amide bonds. The van der Waals surface area contributed by atoms with E-state index in [4.69, 9.17) is 9.47 Å². The first-order chi connectivity index (χ1) is 12.0. The molecule has 1 heterocycles. The third kappa shape index (κ3) is 5.07. The normalized spacial score (nSPS) is 17.3. The highest BCUT2D eigenvalue weighted by molar-refractivity contribution is 5.97. The maximum atomic E-state index is 12.5. The summed E-state index contributed by atoms with van der Waals surface area (Å²) in [6, 6.07) is 6.38. The zero-order valence-corrected chi connectivity index (χ0v) is 14.4. The lowest BCUT2D eigenvalue weighted by molar-refractivity contribution is -0.150. The van der Waals surface area contributed by atoms with Gasteiger partial charge in [-0.1, -0.05) is 12.1 Å². The van der Waals surface area contributed by atoms with Crippen LogP contribution in [0, 0.1) is 0 Å². The summed E-state index contributed by atoms with van der Waals surface area (Å²) in [6.07, 6.45) is 2.91. The van der Waals surface area contributed by atoms with Gasteiger partial charge in [-0.05, 0) is 30.7 Å². The Labute approximate surface area is 146 Å². The zero-order chi connectivity index (χ0) is 18.2. The number of rotatable bonds is 6. The van der Waals surface area contributed by atoms with E-state index in [-0.39, 0.29) is 24.8 Å². The van der Waals surface area contributed by atoms with Crippen LogP contribution in [0.1, 0.15) is 18.9 Å². The van der Waals surface area contributed by atoms with Gasteiger partial charge in [-0.2, -0.15) is 0 Å². The van der Waals surface area contributed by atoms with Crippen LogP contribution in [-0.4, -0.2) is 55.5 Å². The van der Waals surface area contributed by atoms with Gasteiger partial charge in [0.15, 0.2) is 0 Å². The third-order valence-corrected chi connectivity index (χ3v) is 3.81. The molecule has 0 bridgehead atoms. The van der Waals surface area contributed by atoms with Crippen molar-refractivity contribution in [2.45, 2.75) is 19.4 Å². The second kappa shape index (κ2) is 8.86. The lowest BCUT2D eigenvalue weighted by atomic mass is 10.1. The van der Waals surface area contributed by atoms with Gasteiger partial charge in [0.25, 0.3) is 0 Å². The number of hydrogen-bond acceptors (Lipinski definition) is 5. The Hall–Kier alpha value is -2.83. The first-order valence-corrected chi connectivity index (χ1v) is 8.11. The second-order valence-corrected chi connectivity index (χ2v) is 5.45. The average molecular weight is 346 g/mol. The number of nitrogens with zero attached hydrogens (tertiary/aromatic N) is 1. The molecule has 1 aliphatic heterocycles. The summed E-state index contributed by atoms with van der Waals surface area (Å²) >= 11 is 0. The van der Waals surface area contributed by atoms with Crippen LogP contribution >= 0.6 is 0 Å². The van der Waals surface area contributed by atoms with Crippen molar-refractivity contribution >= 4 is 23.9 Å². The first kappa shape index (κ1) is 18.5. The van der Waals surface area contributed by atoms with Crippen molar-refractivity contribution in [3.8, 4) is 5.75 Å². The Kier molecular flexibility index (Phi) is 6.56. The van der Waals surface area contributed by atoms with E-state index in [9.17, 15) is 14.4 Å². The van der Waals surface area contributed by atoms with Crippen molar-refractivity contribution in [1.82, 2.24) is 10.2 Å². The molecule has 134 valence electrons. The highest BCUT2D eigenvalue weighted by Gasteiger charge is 2.34. The van der Waals surface area contributed by atoms with Gasteiger partial charge >= 0.3 is 5.97 Å². The number of esters is 1. The summed E-state index contributed by atoms with van der Waals surface area (Å²) in [6.45, 7) is 2.64. The fraction of sp³-hybridized carbons (Fsp3) is 0.389. The minimum atomic E-state index is -0.846. The van der Waals surface area contributed by atoms with Gasteiger partial charge in [-0.25, -0.2) is 0 Å². The number of piperazine rings is 1. The van der Waals surface area contributed by atoms with Gasteiger partial charge in [0, 0.05) is 19.2 Å². The summed E-state index contributed by atoms with van der Waals surface area (Å²) in [4.78, 5) is 37.6. The smallest absolute Gasteiger partial charge is 0.308 e. The molecule has 0 aliphatic carbocycles. The topological polar surface area (TPSA) is 84.9 Å². The van der Waals surface area contributed by atoms with Crippen molar-refractivity contribution in [2.75, 3.05) is 26.8 Å². The predicted molar refractivity (Wildman–Crippen MR) is 91.8 cm³/mol. The molecule has 1 aliphatic rings. The van der Waals surface area contributed by atoms with Crippen molar-refractivity contribution in [3.63, 3.8) is 0 Å². The van der Waals surface area contributed by atoms with E-state index < -0.39 is 12.0 Å². The largest absolute Gasteiger partial charge is 0.497 e. The molecule has 1 aromatic rings. The minimum absolute atomic E-state index is 0.151. The minimum Gasteiger partial charge on any atom is -0.497 e. The average Bonchev–Trinajstić information content (AvgIpc) is 2.62. The Morgan fingerprint density at radius 2 is 2.04 bits per heavy atom. The number of carbonyl (C=O) groups is 3. The molecule has 0 radical (unpaired) electrons. The Morgan fingerprint density at radius 1 is 1.32 bits per heavy atom. The number of nitrogens with one attached hydrogen (secondary N) is 1. The van der Waals surface area contributed by atoms with Crippen LogP contribution in [0.2, 0.25) is 0 Å². The van der Waals surface area contributed by atoms with Crippen LogP contribution in [-0.2, 0) is 19.1 Å². The van der Waals surface area contributed by atoms with E-state index in [0.29, 0.717) is 13.1 Å². The van der Waals surface area contributed by atoms with E-state index in [0.717, 1.165) is 11.3 Å². The number of hydrogen-bond donors (Lipinski definition) is 1. The van der Waals surface area contributed by atoms with Crippen molar-refractivity contribution in [3.05, 3.63) is 35.9 Å². The quantitative estimate of drug-likeness (QED) is 0.613. The molecule has 2 rings (SSSR count). The van der Waals surface area contributed by atoms with E-state index in [1.807, 2.05) is 12.1 Å². The maximum absolute atomic E-state index is 12.5. The van der Waals surface area contributed by atoms with Crippen molar-refractivity contribution < 1.29 is 23.9 Å². The second-order valence-electron chi connectivity index (χ2n) is 5.45. The van der Waals surface area contributed by atoms with E-state index in [2.05, 4.69) is 5.32 Å². The number of carbonyl (C=O) groups excluding carboxylic acids is 3. The summed E-state index contributed by atoms with van der Waals surface area (Å²) in [7, 11) is 1.58. The first-order valence-electron chi connectivity index (χ1n) is 8.11. The third-order valence-electron chi connectivity index (χ3n) is 3.81. The number of ether oxygens (including phenoxy) is 2. The molecule has 0 aromatic heterocycles. The molecular formula is C18H22N2O5. The predicted octanol–water partition coefficient (Wildman–Crippen LogP) is 0.989. The number of benzene rings is 1. The summed E-state index contributed by atoms with van der Waals surface area (Å²) in [5.74, 6) is -0.433. The molecule has 1 N–H and O–H groups in total.